The Morgan fingerprint density at radius 1 is 0.273 bits per heavy atom. The first-order chi connectivity index (χ1) is 38.0. The van der Waals surface area contributed by atoms with Crippen molar-refractivity contribution in [2.45, 2.75) is 258 Å². The molecule has 0 radical (unpaired) electrons. The van der Waals surface area contributed by atoms with Crippen molar-refractivity contribution in [2.75, 3.05) is 13.2 Å². The van der Waals surface area contributed by atoms with Gasteiger partial charge in [0.1, 0.15) is 13.2 Å². The lowest BCUT2D eigenvalue weighted by Gasteiger charge is -2.18. The second-order valence-corrected chi connectivity index (χ2v) is 19.9. The smallest absolute Gasteiger partial charge is 0.306 e. The van der Waals surface area contributed by atoms with Gasteiger partial charge in [-0.25, -0.2) is 0 Å². The standard InChI is InChI=1S/C71H112O6/c1-4-7-10-13-16-19-22-25-28-29-30-31-32-33-34-35-36-37-38-39-40-41-44-46-49-52-55-58-61-64-70(73)76-67-68(77-71(74)65-62-59-56-53-50-47-43-27-24-21-18-15-12-9-6-3)66-75-69(72)63-60-57-54-51-48-45-42-26-23-20-17-14-11-8-5-2/h7,10,16-21,25-28,30-31,33-34,36-37,39-40,42-44,46,52,55,68H,4-6,8-9,11-15,22-24,29,32,35,38,41,45,47-51,53-54,56-67H2,1-3H3/b10-7-,19-16-,20-17-,21-18-,28-25-,31-30-,34-33-,37-36-,40-39-,42-26-,43-27-,46-44-,55-52-. The molecule has 1 atom stereocenters. The third-order valence-electron chi connectivity index (χ3n) is 12.5. The molecule has 0 fully saturated rings. The molecule has 0 bridgehead atoms. The molecule has 0 N–H and O–H groups in total. The molecule has 6 heteroatoms. The Balaban J connectivity index is 4.49. The summed E-state index contributed by atoms with van der Waals surface area (Å²) < 4.78 is 16.8. The van der Waals surface area contributed by atoms with Gasteiger partial charge in [-0.15, -0.1) is 0 Å². The molecule has 0 saturated heterocycles. The predicted molar refractivity (Wildman–Crippen MR) is 334 cm³/mol. The van der Waals surface area contributed by atoms with Crippen LogP contribution in [0.25, 0.3) is 0 Å². The third-order valence-corrected chi connectivity index (χ3v) is 12.5. The van der Waals surface area contributed by atoms with Crippen LogP contribution in [-0.4, -0.2) is 37.2 Å². The van der Waals surface area contributed by atoms with Crippen LogP contribution in [0.3, 0.4) is 0 Å². The maximum atomic E-state index is 12.9. The second-order valence-electron chi connectivity index (χ2n) is 19.9. The van der Waals surface area contributed by atoms with Gasteiger partial charge in [0.25, 0.3) is 0 Å². The number of ether oxygens (including phenoxy) is 3. The highest BCUT2D eigenvalue weighted by atomic mass is 16.6. The quantitative estimate of drug-likeness (QED) is 0.0261. The van der Waals surface area contributed by atoms with Crippen molar-refractivity contribution in [3.63, 3.8) is 0 Å². The van der Waals surface area contributed by atoms with E-state index in [1.165, 1.54) is 51.4 Å². The lowest BCUT2D eigenvalue weighted by molar-refractivity contribution is -0.167. The van der Waals surface area contributed by atoms with E-state index in [0.717, 1.165) is 154 Å². The molecule has 0 aromatic rings. The zero-order chi connectivity index (χ0) is 55.7. The van der Waals surface area contributed by atoms with Gasteiger partial charge in [-0.3, -0.25) is 14.4 Å². The molecule has 77 heavy (non-hydrogen) atoms. The van der Waals surface area contributed by atoms with Crippen molar-refractivity contribution in [2.24, 2.45) is 0 Å². The minimum Gasteiger partial charge on any atom is -0.462 e. The molecule has 0 aliphatic heterocycles. The van der Waals surface area contributed by atoms with Gasteiger partial charge < -0.3 is 14.2 Å². The maximum Gasteiger partial charge on any atom is 0.306 e. The SMILES string of the molecule is CC/C=C\C/C=C\C/C=C\C/C=C\C/C=C\C/C=C\C/C=C\C/C=C\C/C=C\CCCC(=O)OCC(COC(=O)CCCCCCC/C=C\C/C=C\CCCCC)OC(=O)CCCCCCC/C=C\C/C=C\CCCCC. The Labute approximate surface area is 473 Å². The number of rotatable bonds is 54. The summed E-state index contributed by atoms with van der Waals surface area (Å²) in [4.78, 5) is 38.2. The monoisotopic (exact) mass is 1060 g/mol. The maximum absolute atomic E-state index is 12.9. The summed E-state index contributed by atoms with van der Waals surface area (Å²) in [6.07, 6.45) is 92.4. The van der Waals surface area contributed by atoms with E-state index >= 15 is 0 Å². The fourth-order valence-corrected chi connectivity index (χ4v) is 7.86. The molecule has 0 amide bonds. The van der Waals surface area contributed by atoms with Crippen molar-refractivity contribution in [1.29, 1.82) is 0 Å². The molecular weight excluding hydrogens is 949 g/mol. The highest BCUT2D eigenvalue weighted by molar-refractivity contribution is 5.71. The van der Waals surface area contributed by atoms with Gasteiger partial charge in [0.15, 0.2) is 6.10 Å². The highest BCUT2D eigenvalue weighted by Gasteiger charge is 2.19. The van der Waals surface area contributed by atoms with E-state index in [1.807, 2.05) is 0 Å². The molecule has 0 saturated carbocycles. The lowest BCUT2D eigenvalue weighted by Crippen LogP contribution is -2.30. The van der Waals surface area contributed by atoms with Crippen LogP contribution in [0.5, 0.6) is 0 Å². The summed E-state index contributed by atoms with van der Waals surface area (Å²) >= 11 is 0. The Bertz CT molecular complexity index is 1740. The van der Waals surface area contributed by atoms with Crippen molar-refractivity contribution in [1.82, 2.24) is 0 Å². The molecule has 0 aliphatic carbocycles. The molecule has 0 aliphatic rings. The predicted octanol–water partition coefficient (Wildman–Crippen LogP) is 21.3. The minimum absolute atomic E-state index is 0.115. The number of hydrogen-bond donors (Lipinski definition) is 0. The number of unbranched alkanes of at least 4 members (excludes halogenated alkanes) is 17. The number of hydrogen-bond acceptors (Lipinski definition) is 6. The molecule has 6 nitrogen and oxygen atoms in total. The fraction of sp³-hybridized carbons (Fsp3) is 0.592. The van der Waals surface area contributed by atoms with Crippen LogP contribution >= 0.6 is 0 Å². The largest absolute Gasteiger partial charge is 0.462 e. The summed E-state index contributed by atoms with van der Waals surface area (Å²) in [6.45, 7) is 6.39. The van der Waals surface area contributed by atoms with E-state index < -0.39 is 6.10 Å². The Morgan fingerprint density at radius 3 is 0.844 bits per heavy atom. The van der Waals surface area contributed by atoms with E-state index in [-0.39, 0.29) is 44.0 Å². The summed E-state index contributed by atoms with van der Waals surface area (Å²) in [5.41, 5.74) is 0. The summed E-state index contributed by atoms with van der Waals surface area (Å²) in [5.74, 6) is -1.01. The molecule has 0 heterocycles. The highest BCUT2D eigenvalue weighted by Crippen LogP contribution is 2.13. The molecule has 0 rings (SSSR count). The number of carbonyl (C=O) groups excluding carboxylic acids is 3. The Hall–Kier alpha value is -4.97. The van der Waals surface area contributed by atoms with Gasteiger partial charge in [-0.2, -0.15) is 0 Å². The number of esters is 3. The van der Waals surface area contributed by atoms with Crippen molar-refractivity contribution in [3.05, 3.63) is 158 Å². The summed E-state index contributed by atoms with van der Waals surface area (Å²) in [5, 5.41) is 0. The zero-order valence-corrected chi connectivity index (χ0v) is 49.4. The van der Waals surface area contributed by atoms with Gasteiger partial charge in [0.2, 0.25) is 0 Å². The molecule has 0 aromatic carbocycles. The van der Waals surface area contributed by atoms with E-state index in [2.05, 4.69) is 179 Å². The molecule has 0 aromatic heterocycles. The van der Waals surface area contributed by atoms with Crippen molar-refractivity contribution >= 4 is 17.9 Å². The lowest BCUT2D eigenvalue weighted by atomic mass is 10.1. The zero-order valence-electron chi connectivity index (χ0n) is 49.4. The minimum atomic E-state index is -0.823. The molecular formula is C71H112O6. The van der Waals surface area contributed by atoms with Crippen LogP contribution < -0.4 is 0 Å². The van der Waals surface area contributed by atoms with Gasteiger partial charge in [0.05, 0.1) is 0 Å². The van der Waals surface area contributed by atoms with E-state index in [9.17, 15) is 14.4 Å². The topological polar surface area (TPSA) is 78.9 Å². The first-order valence-corrected chi connectivity index (χ1v) is 31.0. The van der Waals surface area contributed by atoms with E-state index in [0.29, 0.717) is 12.8 Å². The summed E-state index contributed by atoms with van der Waals surface area (Å²) in [7, 11) is 0. The molecule has 1 unspecified atom stereocenters. The van der Waals surface area contributed by atoms with Crippen molar-refractivity contribution < 1.29 is 28.6 Å². The number of allylic oxidation sites excluding steroid dienone is 26. The fourth-order valence-electron chi connectivity index (χ4n) is 7.86. The first kappa shape index (κ1) is 72.0. The van der Waals surface area contributed by atoms with Gasteiger partial charge in [0, 0.05) is 19.3 Å². The van der Waals surface area contributed by atoms with Gasteiger partial charge in [-0.05, 0) is 148 Å². The van der Waals surface area contributed by atoms with Crippen LogP contribution in [0.15, 0.2) is 158 Å². The van der Waals surface area contributed by atoms with Crippen LogP contribution in [-0.2, 0) is 28.6 Å². The Morgan fingerprint density at radius 2 is 0.519 bits per heavy atom. The van der Waals surface area contributed by atoms with E-state index in [1.54, 1.807) is 0 Å². The average Bonchev–Trinajstić information content (AvgIpc) is 3.43. The van der Waals surface area contributed by atoms with Crippen LogP contribution in [0.4, 0.5) is 0 Å². The first-order valence-electron chi connectivity index (χ1n) is 31.0. The van der Waals surface area contributed by atoms with E-state index in [4.69, 9.17) is 14.2 Å². The normalized spacial score (nSPS) is 13.2. The van der Waals surface area contributed by atoms with Crippen LogP contribution in [0.2, 0.25) is 0 Å². The van der Waals surface area contributed by atoms with Gasteiger partial charge in [-0.1, -0.05) is 243 Å². The van der Waals surface area contributed by atoms with Crippen LogP contribution in [0.1, 0.15) is 252 Å². The third kappa shape index (κ3) is 61.8. The Kier molecular flexibility index (Phi) is 59.5. The average molecular weight is 1060 g/mol. The van der Waals surface area contributed by atoms with Crippen molar-refractivity contribution in [3.8, 4) is 0 Å². The van der Waals surface area contributed by atoms with Crippen LogP contribution in [0, 0.1) is 0 Å². The second kappa shape index (κ2) is 63.6. The summed E-state index contributed by atoms with van der Waals surface area (Å²) in [6, 6.07) is 0. The van der Waals surface area contributed by atoms with Gasteiger partial charge >= 0.3 is 17.9 Å². The number of carbonyl (C=O) groups is 3. The molecule has 0 spiro atoms. The molecule has 432 valence electrons.